The minimum atomic E-state index is -3.01. The van der Waals surface area contributed by atoms with Gasteiger partial charge in [0.2, 0.25) is 5.95 Å². The largest absolute Gasteiger partial charge is 0.350 e. The second kappa shape index (κ2) is 6.31. The van der Waals surface area contributed by atoms with Gasteiger partial charge in [0.15, 0.2) is 9.84 Å². The molecule has 0 bridgehead atoms. The van der Waals surface area contributed by atoms with E-state index in [1.165, 1.54) is 6.07 Å². The molecular weight excluding hydrogens is 338 g/mol. The van der Waals surface area contributed by atoms with Gasteiger partial charge in [0.25, 0.3) is 0 Å². The summed E-state index contributed by atoms with van der Waals surface area (Å²) in [4.78, 5) is 8.43. The summed E-state index contributed by atoms with van der Waals surface area (Å²) >= 11 is 0. The molecule has 1 aromatic carbocycles. The third kappa shape index (κ3) is 3.97. The van der Waals surface area contributed by atoms with E-state index in [4.69, 9.17) is 0 Å². The Kier molecular flexibility index (Phi) is 4.35. The highest BCUT2D eigenvalue weighted by molar-refractivity contribution is 7.91. The molecule has 0 aliphatic carbocycles. The number of hydrogen-bond donors (Lipinski definition) is 2. The quantitative estimate of drug-likeness (QED) is 0.877. The van der Waals surface area contributed by atoms with Crippen molar-refractivity contribution in [3.05, 3.63) is 41.6 Å². The summed E-state index contributed by atoms with van der Waals surface area (Å²) in [5.74, 6) is -0.620. The summed E-state index contributed by atoms with van der Waals surface area (Å²) in [5.41, 5.74) is 0.710. The van der Waals surface area contributed by atoms with Crippen LogP contribution >= 0.6 is 0 Å². The minimum absolute atomic E-state index is 0.0413. The molecule has 1 aromatic heterocycles. The summed E-state index contributed by atoms with van der Waals surface area (Å²) in [7, 11) is -3.01. The Labute approximate surface area is 138 Å². The van der Waals surface area contributed by atoms with Gasteiger partial charge in [-0.25, -0.2) is 22.2 Å². The Hall–Kier alpha value is -2.29. The predicted octanol–water partition coefficient (Wildman–Crippen LogP) is 2.41. The fourth-order valence-corrected chi connectivity index (χ4v) is 4.19. The third-order valence-electron chi connectivity index (χ3n) is 3.61. The Balaban J connectivity index is 1.79. The van der Waals surface area contributed by atoms with Gasteiger partial charge in [-0.05, 0) is 25.5 Å². The predicted molar refractivity (Wildman–Crippen MR) is 87.1 cm³/mol. The summed E-state index contributed by atoms with van der Waals surface area (Å²) in [5, 5.41) is 5.76. The van der Waals surface area contributed by atoms with Gasteiger partial charge in [-0.2, -0.15) is 4.98 Å². The highest BCUT2D eigenvalue weighted by atomic mass is 32.2. The van der Waals surface area contributed by atoms with E-state index in [9.17, 15) is 17.2 Å². The number of hydrogen-bond acceptors (Lipinski definition) is 6. The zero-order valence-electron chi connectivity index (χ0n) is 12.9. The van der Waals surface area contributed by atoms with Crippen LogP contribution in [0, 0.1) is 18.6 Å². The van der Waals surface area contributed by atoms with E-state index in [1.54, 1.807) is 13.0 Å². The third-order valence-corrected chi connectivity index (χ3v) is 5.38. The number of nitrogens with one attached hydrogen (secondary N) is 2. The highest BCUT2D eigenvalue weighted by Crippen LogP contribution is 2.22. The van der Waals surface area contributed by atoms with Crippen LogP contribution in [0.4, 0.5) is 26.2 Å². The number of anilines is 3. The van der Waals surface area contributed by atoms with Crippen LogP contribution in [0.5, 0.6) is 0 Å². The molecule has 1 aliphatic rings. The maximum Gasteiger partial charge on any atom is 0.225 e. The Bertz CT molecular complexity index is 874. The molecule has 0 amide bonds. The average Bonchev–Trinajstić information content (AvgIpc) is 2.80. The number of nitrogens with zero attached hydrogens (tertiary/aromatic N) is 2. The van der Waals surface area contributed by atoms with Crippen molar-refractivity contribution in [3.8, 4) is 0 Å². The van der Waals surface area contributed by atoms with Crippen LogP contribution < -0.4 is 10.6 Å². The molecule has 128 valence electrons. The van der Waals surface area contributed by atoms with Gasteiger partial charge in [-0.1, -0.05) is 0 Å². The van der Waals surface area contributed by atoms with Crippen molar-refractivity contribution in [2.24, 2.45) is 0 Å². The fourth-order valence-electron chi connectivity index (χ4n) is 2.52. The number of sulfone groups is 1. The fraction of sp³-hybridized carbons (Fsp3) is 0.333. The van der Waals surface area contributed by atoms with E-state index in [2.05, 4.69) is 20.6 Å². The van der Waals surface area contributed by atoms with Crippen molar-refractivity contribution in [2.45, 2.75) is 19.4 Å². The SMILES string of the molecule is Cc1cc(Nc2ccc(F)cc2F)nc(NC2CCS(=O)(=O)C2)n1. The van der Waals surface area contributed by atoms with E-state index in [1.807, 2.05) is 0 Å². The summed E-state index contributed by atoms with van der Waals surface area (Å²) in [6.45, 7) is 1.74. The molecule has 1 saturated heterocycles. The first-order chi connectivity index (χ1) is 11.3. The van der Waals surface area contributed by atoms with Crippen LogP contribution in [0.1, 0.15) is 12.1 Å². The topological polar surface area (TPSA) is 84.0 Å². The standard InChI is InChI=1S/C15H16F2N4O2S/c1-9-6-14(20-13-3-2-10(16)7-12(13)17)21-15(18-9)19-11-4-5-24(22,23)8-11/h2-3,6-7,11H,4-5,8H2,1H3,(H2,18,19,20,21). The first-order valence-corrected chi connectivity index (χ1v) is 9.17. The number of aryl methyl sites for hydroxylation is 1. The maximum atomic E-state index is 13.7. The lowest BCUT2D eigenvalue weighted by atomic mass is 10.3. The smallest absolute Gasteiger partial charge is 0.225 e. The number of benzene rings is 1. The van der Waals surface area contributed by atoms with E-state index in [0.717, 1.165) is 12.1 Å². The van der Waals surface area contributed by atoms with Crippen LogP contribution in [0.15, 0.2) is 24.3 Å². The second-order valence-corrected chi connectivity index (χ2v) is 7.94. The molecule has 9 heteroatoms. The molecule has 2 N–H and O–H groups in total. The summed E-state index contributed by atoms with van der Waals surface area (Å²) in [6, 6.07) is 4.56. The molecule has 1 atom stereocenters. The van der Waals surface area contributed by atoms with Gasteiger partial charge >= 0.3 is 0 Å². The van der Waals surface area contributed by atoms with Crippen molar-refractivity contribution in [3.63, 3.8) is 0 Å². The molecule has 2 aromatic rings. The van der Waals surface area contributed by atoms with E-state index in [-0.39, 0.29) is 29.2 Å². The molecule has 0 spiro atoms. The molecule has 1 unspecified atom stereocenters. The number of rotatable bonds is 4. The summed E-state index contributed by atoms with van der Waals surface area (Å²) in [6.07, 6.45) is 0.495. The minimum Gasteiger partial charge on any atom is -0.350 e. The second-order valence-electron chi connectivity index (χ2n) is 5.71. The Morgan fingerprint density at radius 2 is 2.00 bits per heavy atom. The van der Waals surface area contributed by atoms with Crippen molar-refractivity contribution >= 4 is 27.3 Å². The van der Waals surface area contributed by atoms with Crippen molar-refractivity contribution in [1.29, 1.82) is 0 Å². The normalized spacial score (nSPS) is 19.2. The number of halogens is 2. The molecule has 2 heterocycles. The average molecular weight is 354 g/mol. The highest BCUT2D eigenvalue weighted by Gasteiger charge is 2.28. The van der Waals surface area contributed by atoms with Gasteiger partial charge < -0.3 is 10.6 Å². The molecule has 0 radical (unpaired) electrons. The van der Waals surface area contributed by atoms with E-state index < -0.39 is 21.5 Å². The first kappa shape index (κ1) is 16.6. The molecular formula is C15H16F2N4O2S. The van der Waals surface area contributed by atoms with Gasteiger partial charge in [0.05, 0.1) is 17.2 Å². The van der Waals surface area contributed by atoms with Gasteiger partial charge in [-0.3, -0.25) is 0 Å². The van der Waals surface area contributed by atoms with Crippen LogP contribution in [0.2, 0.25) is 0 Å². The van der Waals surface area contributed by atoms with E-state index in [0.29, 0.717) is 17.9 Å². The molecule has 3 rings (SSSR count). The van der Waals surface area contributed by atoms with Gasteiger partial charge in [0, 0.05) is 23.9 Å². The van der Waals surface area contributed by atoms with Crippen molar-refractivity contribution in [1.82, 2.24) is 9.97 Å². The molecule has 24 heavy (non-hydrogen) atoms. The Morgan fingerprint density at radius 3 is 2.67 bits per heavy atom. The van der Waals surface area contributed by atoms with Crippen molar-refractivity contribution < 1.29 is 17.2 Å². The van der Waals surface area contributed by atoms with E-state index >= 15 is 0 Å². The monoisotopic (exact) mass is 354 g/mol. The van der Waals surface area contributed by atoms with Crippen LogP contribution in [0.25, 0.3) is 0 Å². The van der Waals surface area contributed by atoms with Crippen LogP contribution in [-0.2, 0) is 9.84 Å². The summed E-state index contributed by atoms with van der Waals surface area (Å²) < 4.78 is 49.7. The van der Waals surface area contributed by atoms with Crippen LogP contribution in [-0.4, -0.2) is 35.9 Å². The lowest BCUT2D eigenvalue weighted by molar-refractivity contribution is 0.586. The number of aromatic nitrogens is 2. The molecule has 1 fully saturated rings. The first-order valence-electron chi connectivity index (χ1n) is 7.35. The van der Waals surface area contributed by atoms with Crippen molar-refractivity contribution in [2.75, 3.05) is 22.1 Å². The molecule has 6 nitrogen and oxygen atoms in total. The molecule has 0 saturated carbocycles. The van der Waals surface area contributed by atoms with Crippen LogP contribution in [0.3, 0.4) is 0 Å². The lowest BCUT2D eigenvalue weighted by Gasteiger charge is -2.13. The zero-order valence-corrected chi connectivity index (χ0v) is 13.7. The lowest BCUT2D eigenvalue weighted by Crippen LogP contribution is -2.22. The maximum absolute atomic E-state index is 13.7. The zero-order chi connectivity index (χ0) is 17.3. The van der Waals surface area contributed by atoms with Gasteiger partial charge in [-0.15, -0.1) is 0 Å². The Morgan fingerprint density at radius 1 is 1.21 bits per heavy atom. The molecule has 1 aliphatic heterocycles. The van der Waals surface area contributed by atoms with Gasteiger partial charge in [0.1, 0.15) is 17.5 Å².